The molecule has 102 valence electrons. The molecule has 0 aliphatic carbocycles. The van der Waals surface area contributed by atoms with Gasteiger partial charge in [0.05, 0.1) is 12.6 Å². The minimum absolute atomic E-state index is 0.0359. The van der Waals surface area contributed by atoms with Crippen LogP contribution in [0.4, 0.5) is 11.5 Å². The Balaban J connectivity index is 2.12. The summed E-state index contributed by atoms with van der Waals surface area (Å²) in [6.07, 6.45) is 5.80. The number of hydrogen-bond acceptors (Lipinski definition) is 6. The van der Waals surface area contributed by atoms with Crippen molar-refractivity contribution >= 4 is 11.5 Å². The summed E-state index contributed by atoms with van der Waals surface area (Å²) in [6, 6.07) is -0.0359. The number of nitrogens with two attached hydrogens (primary N) is 1. The van der Waals surface area contributed by atoms with Crippen LogP contribution in [0.5, 0.6) is 5.88 Å². The number of hydrogen-bond donors (Lipinski definition) is 3. The molecule has 2 rings (SSSR count). The first-order valence-corrected chi connectivity index (χ1v) is 6.21. The van der Waals surface area contributed by atoms with Gasteiger partial charge in [-0.15, -0.1) is 0 Å². The Hall–Kier alpha value is -2.31. The molecule has 0 radical (unpaired) electrons. The highest BCUT2D eigenvalue weighted by atomic mass is 16.5. The molecule has 0 spiro atoms. The van der Waals surface area contributed by atoms with Gasteiger partial charge in [0.2, 0.25) is 5.88 Å². The molecule has 0 saturated carbocycles. The van der Waals surface area contributed by atoms with Crippen molar-refractivity contribution in [3.8, 4) is 5.88 Å². The van der Waals surface area contributed by atoms with Crippen molar-refractivity contribution in [3.05, 3.63) is 24.5 Å². The maximum atomic E-state index is 5.98. The summed E-state index contributed by atoms with van der Waals surface area (Å²) in [5.41, 5.74) is 6.39. The van der Waals surface area contributed by atoms with E-state index in [1.165, 1.54) is 6.33 Å². The Labute approximate surface area is 111 Å². The molecule has 2 aromatic rings. The van der Waals surface area contributed by atoms with Gasteiger partial charge >= 0.3 is 0 Å². The second kappa shape index (κ2) is 6.03. The number of nitrogen functional groups attached to an aromatic ring is 1. The van der Waals surface area contributed by atoms with Gasteiger partial charge in [0.25, 0.3) is 0 Å². The zero-order valence-corrected chi connectivity index (χ0v) is 11.1. The molecular formula is C12H18N6O. The summed E-state index contributed by atoms with van der Waals surface area (Å²) in [5, 5.41) is 3.18. The average Bonchev–Trinajstić information content (AvgIpc) is 2.94. The molecule has 2 aromatic heterocycles. The third kappa shape index (κ3) is 3.12. The molecule has 1 atom stereocenters. The fourth-order valence-electron chi connectivity index (χ4n) is 1.60. The number of aromatic amines is 1. The quantitative estimate of drug-likeness (QED) is 0.733. The van der Waals surface area contributed by atoms with E-state index < -0.39 is 0 Å². The Morgan fingerprint density at radius 2 is 2.26 bits per heavy atom. The minimum Gasteiger partial charge on any atom is -0.476 e. The number of aromatic nitrogens is 4. The maximum absolute atomic E-state index is 5.98. The van der Waals surface area contributed by atoms with E-state index >= 15 is 0 Å². The molecule has 4 N–H and O–H groups in total. The summed E-state index contributed by atoms with van der Waals surface area (Å²) >= 11 is 0. The summed E-state index contributed by atoms with van der Waals surface area (Å²) in [6.45, 7) is 4.57. The Morgan fingerprint density at radius 3 is 2.95 bits per heavy atom. The summed E-state index contributed by atoms with van der Waals surface area (Å²) in [5.74, 6) is 1.77. The number of nitrogens with one attached hydrogen (secondary N) is 2. The van der Waals surface area contributed by atoms with Crippen LogP contribution in [-0.4, -0.2) is 26.5 Å². The number of H-pyrrole nitrogens is 1. The zero-order chi connectivity index (χ0) is 13.7. The molecule has 7 nitrogen and oxygen atoms in total. The van der Waals surface area contributed by atoms with Gasteiger partial charge in [-0.1, -0.05) is 6.92 Å². The van der Waals surface area contributed by atoms with Gasteiger partial charge in [0.15, 0.2) is 5.82 Å². The van der Waals surface area contributed by atoms with Crippen molar-refractivity contribution in [1.29, 1.82) is 0 Å². The molecule has 19 heavy (non-hydrogen) atoms. The Morgan fingerprint density at radius 1 is 1.42 bits per heavy atom. The van der Waals surface area contributed by atoms with Crippen LogP contribution in [0, 0.1) is 0 Å². The van der Waals surface area contributed by atoms with Crippen LogP contribution in [0.25, 0.3) is 0 Å². The van der Waals surface area contributed by atoms with Crippen LogP contribution < -0.4 is 15.8 Å². The highest BCUT2D eigenvalue weighted by Gasteiger charge is 2.13. The Kier molecular flexibility index (Phi) is 4.17. The van der Waals surface area contributed by atoms with Crippen molar-refractivity contribution in [2.24, 2.45) is 0 Å². The maximum Gasteiger partial charge on any atom is 0.242 e. The lowest BCUT2D eigenvalue weighted by Crippen LogP contribution is -2.12. The van der Waals surface area contributed by atoms with Gasteiger partial charge in [0.1, 0.15) is 17.8 Å². The first-order chi connectivity index (χ1) is 9.22. The zero-order valence-electron chi connectivity index (χ0n) is 11.1. The normalized spacial score (nSPS) is 12.1. The first-order valence-electron chi connectivity index (χ1n) is 6.21. The number of anilines is 2. The summed E-state index contributed by atoms with van der Waals surface area (Å²) in [7, 11) is 0. The van der Waals surface area contributed by atoms with E-state index in [1.54, 1.807) is 12.4 Å². The number of imidazole rings is 1. The molecule has 2 heterocycles. The second-order valence-electron chi connectivity index (χ2n) is 4.13. The van der Waals surface area contributed by atoms with E-state index in [0.29, 0.717) is 24.0 Å². The largest absolute Gasteiger partial charge is 0.476 e. The molecule has 0 saturated heterocycles. The average molecular weight is 262 g/mol. The van der Waals surface area contributed by atoms with Crippen LogP contribution in [0.3, 0.4) is 0 Å². The van der Waals surface area contributed by atoms with E-state index in [-0.39, 0.29) is 6.04 Å². The fourth-order valence-corrected chi connectivity index (χ4v) is 1.60. The fraction of sp³-hybridized carbons (Fsp3) is 0.417. The third-order valence-electron chi connectivity index (χ3n) is 2.57. The molecule has 0 fully saturated rings. The SMILES string of the molecule is CCCOc1ncnc(NC(C)c2ncc[nH]2)c1N. The van der Waals surface area contributed by atoms with E-state index in [9.17, 15) is 0 Å². The number of ether oxygens (including phenoxy) is 1. The molecular weight excluding hydrogens is 244 g/mol. The number of nitrogens with zero attached hydrogens (tertiary/aromatic N) is 3. The first kappa shape index (κ1) is 13.1. The van der Waals surface area contributed by atoms with E-state index in [4.69, 9.17) is 10.5 Å². The topological polar surface area (TPSA) is 102 Å². The van der Waals surface area contributed by atoms with Gasteiger partial charge in [-0.25, -0.2) is 9.97 Å². The molecule has 7 heteroatoms. The van der Waals surface area contributed by atoms with Crippen molar-refractivity contribution < 1.29 is 4.74 Å². The molecule has 0 aliphatic heterocycles. The van der Waals surface area contributed by atoms with Gasteiger partial charge < -0.3 is 20.8 Å². The second-order valence-corrected chi connectivity index (χ2v) is 4.13. The standard InChI is InChI=1S/C12H18N6O/c1-3-6-19-12-9(13)11(16-7-17-12)18-8(2)10-14-4-5-15-10/h4-5,7-8H,3,6,13H2,1-2H3,(H,14,15)(H,16,17,18). The van der Waals surface area contributed by atoms with Crippen molar-refractivity contribution in [2.75, 3.05) is 17.7 Å². The summed E-state index contributed by atoms with van der Waals surface area (Å²) < 4.78 is 5.46. The lowest BCUT2D eigenvalue weighted by atomic mass is 10.3. The van der Waals surface area contributed by atoms with E-state index in [2.05, 4.69) is 25.3 Å². The molecule has 0 bridgehead atoms. The molecule has 1 unspecified atom stereocenters. The van der Waals surface area contributed by atoms with Gasteiger partial charge in [-0.2, -0.15) is 4.98 Å². The van der Waals surface area contributed by atoms with E-state index in [0.717, 1.165) is 12.2 Å². The van der Waals surface area contributed by atoms with Crippen LogP contribution in [0.1, 0.15) is 32.1 Å². The van der Waals surface area contributed by atoms with Crippen LogP contribution in [0.2, 0.25) is 0 Å². The van der Waals surface area contributed by atoms with E-state index in [1.807, 2.05) is 13.8 Å². The van der Waals surface area contributed by atoms with Crippen LogP contribution in [-0.2, 0) is 0 Å². The highest BCUT2D eigenvalue weighted by Crippen LogP contribution is 2.27. The monoisotopic (exact) mass is 262 g/mol. The lowest BCUT2D eigenvalue weighted by Gasteiger charge is -2.15. The van der Waals surface area contributed by atoms with Crippen molar-refractivity contribution in [3.63, 3.8) is 0 Å². The van der Waals surface area contributed by atoms with Crippen LogP contribution in [0.15, 0.2) is 18.7 Å². The predicted molar refractivity (Wildman–Crippen MR) is 72.9 cm³/mol. The third-order valence-corrected chi connectivity index (χ3v) is 2.57. The number of rotatable bonds is 6. The molecule has 0 amide bonds. The highest BCUT2D eigenvalue weighted by molar-refractivity contribution is 5.66. The smallest absolute Gasteiger partial charge is 0.242 e. The molecule has 0 aliphatic rings. The lowest BCUT2D eigenvalue weighted by molar-refractivity contribution is 0.306. The van der Waals surface area contributed by atoms with Crippen molar-refractivity contribution in [1.82, 2.24) is 19.9 Å². The molecule has 0 aromatic carbocycles. The van der Waals surface area contributed by atoms with Gasteiger partial charge in [-0.3, -0.25) is 0 Å². The van der Waals surface area contributed by atoms with Crippen LogP contribution >= 0.6 is 0 Å². The van der Waals surface area contributed by atoms with Gasteiger partial charge in [-0.05, 0) is 13.3 Å². The Bertz CT molecular complexity index is 513. The predicted octanol–water partition coefficient (Wildman–Crippen LogP) is 1.74. The van der Waals surface area contributed by atoms with Gasteiger partial charge in [0, 0.05) is 12.4 Å². The minimum atomic E-state index is -0.0359. The van der Waals surface area contributed by atoms with Crippen molar-refractivity contribution in [2.45, 2.75) is 26.3 Å². The summed E-state index contributed by atoms with van der Waals surface area (Å²) in [4.78, 5) is 15.4.